The molecule has 0 atom stereocenters. The molecule has 0 heterocycles. The molecule has 4 heteroatoms. The number of rotatable bonds is 3. The molecule has 3 N–H and O–H groups in total. The van der Waals surface area contributed by atoms with E-state index in [1.54, 1.807) is 25.2 Å². The summed E-state index contributed by atoms with van der Waals surface area (Å²) in [4.78, 5) is 11.7. The van der Waals surface area contributed by atoms with E-state index in [4.69, 9.17) is 10.8 Å². The highest BCUT2D eigenvalue weighted by Gasteiger charge is 1.93. The second-order valence-corrected chi connectivity index (χ2v) is 2.24. The first-order chi connectivity index (χ1) is 5.07. The van der Waals surface area contributed by atoms with Crippen LogP contribution in [0.2, 0.25) is 0 Å². The van der Waals surface area contributed by atoms with Crippen molar-refractivity contribution in [1.82, 2.24) is 4.90 Å². The van der Waals surface area contributed by atoms with Gasteiger partial charge in [-0.05, 0) is 6.08 Å². The number of aliphatic hydroxyl groups excluding tert-OH is 1. The molecule has 0 fully saturated rings. The summed E-state index contributed by atoms with van der Waals surface area (Å²) in [6.07, 6.45) is 3.34. The zero-order chi connectivity index (χ0) is 8.85. The fourth-order valence-electron chi connectivity index (χ4n) is 0.376. The zero-order valence-corrected chi connectivity index (χ0v) is 6.61. The Hall–Kier alpha value is -1.45. The minimum atomic E-state index is -0.214. The van der Waals surface area contributed by atoms with Gasteiger partial charge in [0.15, 0.2) is 6.29 Å². The summed E-state index contributed by atoms with van der Waals surface area (Å²) < 4.78 is 0. The first kappa shape index (κ1) is 9.55. The summed E-state index contributed by atoms with van der Waals surface area (Å²) in [5, 5.41) is 8.98. The van der Waals surface area contributed by atoms with E-state index in [2.05, 4.69) is 0 Å². The van der Waals surface area contributed by atoms with Crippen LogP contribution < -0.4 is 5.73 Å². The molecular weight excluding hydrogens is 144 g/mol. The van der Waals surface area contributed by atoms with Crippen LogP contribution in [0.25, 0.3) is 0 Å². The Balaban J connectivity index is 4.26. The van der Waals surface area contributed by atoms with E-state index in [-0.39, 0.29) is 11.5 Å². The van der Waals surface area contributed by atoms with E-state index in [9.17, 15) is 4.79 Å². The van der Waals surface area contributed by atoms with Gasteiger partial charge < -0.3 is 15.7 Å². The normalized spacial score (nSPS) is 12.9. The average Bonchev–Trinajstić information content (AvgIpc) is 1.98. The van der Waals surface area contributed by atoms with Crippen LogP contribution in [0, 0.1) is 0 Å². The molecule has 0 amide bonds. The molecule has 0 rings (SSSR count). The first-order valence-corrected chi connectivity index (χ1v) is 3.06. The number of hydrogen-bond acceptors (Lipinski definition) is 4. The smallest absolute Gasteiger partial charge is 0.169 e. The molecule has 11 heavy (non-hydrogen) atoms. The van der Waals surface area contributed by atoms with Crippen molar-refractivity contribution in [3.63, 3.8) is 0 Å². The monoisotopic (exact) mass is 156 g/mol. The third kappa shape index (κ3) is 4.02. The lowest BCUT2D eigenvalue weighted by Gasteiger charge is -2.02. The number of nitrogens with two attached hydrogens (primary N) is 1. The zero-order valence-electron chi connectivity index (χ0n) is 6.61. The minimum absolute atomic E-state index is 0.164. The molecule has 0 bridgehead atoms. The molecule has 0 radical (unpaired) electrons. The summed E-state index contributed by atoms with van der Waals surface area (Å²) in [5.74, 6) is -0.214. The number of carbonyl (C=O) groups is 1. The van der Waals surface area contributed by atoms with E-state index in [1.807, 2.05) is 0 Å². The predicted molar refractivity (Wildman–Crippen MR) is 42.7 cm³/mol. The van der Waals surface area contributed by atoms with E-state index in [1.165, 1.54) is 6.08 Å². The van der Waals surface area contributed by atoms with Crippen LogP contribution >= 0.6 is 0 Å². The molecule has 0 aliphatic heterocycles. The second kappa shape index (κ2) is 4.38. The van der Waals surface area contributed by atoms with Gasteiger partial charge in [-0.1, -0.05) is 0 Å². The lowest BCUT2D eigenvalue weighted by molar-refractivity contribution is -0.105. The van der Waals surface area contributed by atoms with Crippen molar-refractivity contribution in [2.45, 2.75) is 0 Å². The predicted octanol–water partition coefficient (Wildman–Crippen LogP) is -0.0111. The van der Waals surface area contributed by atoms with Gasteiger partial charge in [-0.3, -0.25) is 4.79 Å². The largest absolute Gasteiger partial charge is 0.506 e. The van der Waals surface area contributed by atoms with Crippen molar-refractivity contribution in [3.8, 4) is 0 Å². The van der Waals surface area contributed by atoms with Crippen molar-refractivity contribution in [3.05, 3.63) is 23.7 Å². The lowest BCUT2D eigenvalue weighted by Crippen LogP contribution is -2.04. The minimum Gasteiger partial charge on any atom is -0.506 e. The van der Waals surface area contributed by atoms with Crippen molar-refractivity contribution in [1.29, 1.82) is 0 Å². The maximum atomic E-state index is 10.0. The highest BCUT2D eigenvalue weighted by molar-refractivity contribution is 5.73. The molecule has 0 saturated carbocycles. The van der Waals surface area contributed by atoms with Crippen molar-refractivity contribution < 1.29 is 9.90 Å². The molecular formula is C7H12N2O2. The fourth-order valence-corrected chi connectivity index (χ4v) is 0.376. The molecule has 0 aromatic heterocycles. The van der Waals surface area contributed by atoms with Crippen molar-refractivity contribution in [2.75, 3.05) is 14.1 Å². The van der Waals surface area contributed by atoms with Crippen LogP contribution in [0.5, 0.6) is 0 Å². The van der Waals surface area contributed by atoms with Gasteiger partial charge in [-0.2, -0.15) is 0 Å². The van der Waals surface area contributed by atoms with Gasteiger partial charge in [0.2, 0.25) is 0 Å². The Kier molecular flexibility index (Phi) is 3.80. The third-order valence-electron chi connectivity index (χ3n) is 0.953. The van der Waals surface area contributed by atoms with Gasteiger partial charge in [-0.15, -0.1) is 0 Å². The van der Waals surface area contributed by atoms with Gasteiger partial charge in [0.05, 0.1) is 0 Å². The molecule has 62 valence electrons. The summed E-state index contributed by atoms with van der Waals surface area (Å²) >= 11 is 0. The van der Waals surface area contributed by atoms with Crippen LogP contribution in [0.3, 0.4) is 0 Å². The summed E-state index contributed by atoms with van der Waals surface area (Å²) in [5.41, 5.74) is 4.93. The standard InChI is InChI=1S/C7H12N2O2/c1-9(2)4-3-7(11)6(8)5-10/h3-5,11H,8H2,1-2H3/b4-3-,7-6-. The Morgan fingerprint density at radius 3 is 2.45 bits per heavy atom. The molecule has 0 spiro atoms. The molecule has 4 nitrogen and oxygen atoms in total. The topological polar surface area (TPSA) is 66.6 Å². The van der Waals surface area contributed by atoms with Crippen LogP contribution in [0.1, 0.15) is 0 Å². The second-order valence-electron chi connectivity index (χ2n) is 2.24. The third-order valence-corrected chi connectivity index (χ3v) is 0.953. The van der Waals surface area contributed by atoms with Crippen LogP contribution in [-0.2, 0) is 4.79 Å². The number of aldehydes is 1. The number of allylic oxidation sites excluding steroid dienone is 2. The van der Waals surface area contributed by atoms with E-state index in [0.29, 0.717) is 6.29 Å². The highest BCUT2D eigenvalue weighted by Crippen LogP contribution is 1.93. The van der Waals surface area contributed by atoms with Crippen molar-refractivity contribution >= 4 is 6.29 Å². The average molecular weight is 156 g/mol. The quantitative estimate of drug-likeness (QED) is 0.261. The molecule has 0 saturated heterocycles. The fraction of sp³-hybridized carbons (Fsp3) is 0.286. The maximum Gasteiger partial charge on any atom is 0.169 e. The molecule has 0 aromatic carbocycles. The number of hydrogen-bond donors (Lipinski definition) is 2. The molecule has 0 aromatic rings. The Labute approximate surface area is 65.6 Å². The van der Waals surface area contributed by atoms with Gasteiger partial charge in [0.25, 0.3) is 0 Å². The van der Waals surface area contributed by atoms with E-state index in [0.717, 1.165) is 0 Å². The molecule has 0 unspecified atom stereocenters. The summed E-state index contributed by atoms with van der Waals surface area (Å²) in [7, 11) is 3.59. The van der Waals surface area contributed by atoms with Gasteiger partial charge >= 0.3 is 0 Å². The van der Waals surface area contributed by atoms with Crippen LogP contribution in [0.15, 0.2) is 23.7 Å². The van der Waals surface area contributed by atoms with E-state index >= 15 is 0 Å². The number of nitrogens with zero attached hydrogens (tertiary/aromatic N) is 1. The lowest BCUT2D eigenvalue weighted by atomic mass is 10.4. The van der Waals surface area contributed by atoms with Gasteiger partial charge in [0.1, 0.15) is 11.5 Å². The summed E-state index contributed by atoms with van der Waals surface area (Å²) in [6.45, 7) is 0. The van der Waals surface area contributed by atoms with Gasteiger partial charge in [-0.25, -0.2) is 0 Å². The number of carbonyl (C=O) groups excluding carboxylic acids is 1. The first-order valence-electron chi connectivity index (χ1n) is 3.06. The van der Waals surface area contributed by atoms with Gasteiger partial charge in [0, 0.05) is 20.3 Å². The number of aliphatic hydroxyl groups is 1. The Bertz CT molecular complexity index is 195. The van der Waals surface area contributed by atoms with Crippen LogP contribution in [0.4, 0.5) is 0 Å². The Morgan fingerprint density at radius 1 is 1.55 bits per heavy atom. The SMILES string of the molecule is CN(C)/C=C\C(O)=C(\N)C=O. The molecule has 0 aliphatic carbocycles. The summed E-state index contributed by atoms with van der Waals surface area (Å²) in [6, 6.07) is 0. The van der Waals surface area contributed by atoms with Crippen molar-refractivity contribution in [2.24, 2.45) is 5.73 Å². The highest BCUT2D eigenvalue weighted by atomic mass is 16.3. The Morgan fingerprint density at radius 2 is 2.09 bits per heavy atom. The van der Waals surface area contributed by atoms with E-state index < -0.39 is 0 Å². The maximum absolute atomic E-state index is 10.0. The van der Waals surface area contributed by atoms with Crippen LogP contribution in [-0.4, -0.2) is 30.4 Å². The molecule has 0 aliphatic rings.